The van der Waals surface area contributed by atoms with Crippen LogP contribution in [0, 0.1) is 23.2 Å². The number of urea groups is 1. The third kappa shape index (κ3) is 3.32. The van der Waals surface area contributed by atoms with Crippen molar-refractivity contribution in [3.05, 3.63) is 65.2 Å². The molecule has 2 amide bonds. The van der Waals surface area contributed by atoms with E-state index in [1.807, 2.05) is 12.1 Å². The summed E-state index contributed by atoms with van der Waals surface area (Å²) in [4.78, 5) is 21.6. The van der Waals surface area contributed by atoms with Gasteiger partial charge in [0.05, 0.1) is 0 Å². The smallest absolute Gasteiger partial charge is 0.320 e. The number of piperidine rings is 1. The molecule has 6 aliphatic rings. The molecule has 0 spiro atoms. The zero-order chi connectivity index (χ0) is 26.5. The molecule has 39 heavy (non-hydrogen) atoms. The van der Waals surface area contributed by atoms with Crippen molar-refractivity contribution in [1.29, 1.82) is 0 Å². The first-order chi connectivity index (χ1) is 18.9. The van der Waals surface area contributed by atoms with Crippen LogP contribution < -0.4 is 0 Å². The molecule has 8 rings (SSSR count). The first-order valence-electron chi connectivity index (χ1n) is 15.6. The highest BCUT2D eigenvalue weighted by molar-refractivity contribution is 5.76. The largest absolute Gasteiger partial charge is 0.508 e. The molecule has 5 nitrogen and oxygen atoms in total. The number of amides is 2. The maximum Gasteiger partial charge on any atom is 0.320 e. The van der Waals surface area contributed by atoms with E-state index in [4.69, 9.17) is 0 Å². The number of phenols is 1. The van der Waals surface area contributed by atoms with Crippen molar-refractivity contribution in [3.8, 4) is 5.75 Å². The molecule has 4 bridgehead atoms. The monoisotopic (exact) mass is 525 g/mol. The number of nitrogens with zero attached hydrogens (tertiary/aromatic N) is 3. The molecule has 2 heterocycles. The quantitative estimate of drug-likeness (QED) is 0.537. The molecule has 1 N–H and O–H groups in total. The number of benzene rings is 2. The second kappa shape index (κ2) is 8.49. The minimum absolute atomic E-state index is 0.0920. The molecule has 206 valence electrons. The van der Waals surface area contributed by atoms with Gasteiger partial charge >= 0.3 is 6.03 Å². The van der Waals surface area contributed by atoms with Gasteiger partial charge in [-0.3, -0.25) is 4.90 Å². The second-order valence-corrected chi connectivity index (χ2v) is 14.1. The van der Waals surface area contributed by atoms with Crippen molar-refractivity contribution in [2.45, 2.75) is 88.9 Å². The van der Waals surface area contributed by atoms with E-state index in [1.54, 1.807) is 0 Å². The maximum atomic E-state index is 14.3. The summed E-state index contributed by atoms with van der Waals surface area (Å²) in [6.45, 7) is 8.33. The average Bonchev–Trinajstić information content (AvgIpc) is 3.62. The van der Waals surface area contributed by atoms with Crippen LogP contribution in [0.3, 0.4) is 0 Å². The molecule has 2 aromatic carbocycles. The first-order valence-corrected chi connectivity index (χ1v) is 15.6. The SMILES string of the molecule is CC(C)N(Cc1ccccc1)C(=O)N1C[C@H]2C[C@@]34CCC1C2[C@@]31CCN(CC2CC2)[C@@H]4Cc2ccc(O)cc21. The van der Waals surface area contributed by atoms with Gasteiger partial charge < -0.3 is 14.9 Å². The molecular formula is C34H43N3O2. The molecule has 0 aromatic heterocycles. The topological polar surface area (TPSA) is 47.0 Å². The highest BCUT2D eigenvalue weighted by atomic mass is 16.3. The molecule has 5 heteroatoms. The van der Waals surface area contributed by atoms with E-state index in [9.17, 15) is 9.90 Å². The fraction of sp³-hybridized carbons (Fsp3) is 0.618. The van der Waals surface area contributed by atoms with Crippen molar-refractivity contribution >= 4 is 6.03 Å². The number of likely N-dealkylation sites (tertiary alicyclic amines) is 2. The fourth-order valence-corrected chi connectivity index (χ4v) is 10.6. The molecule has 0 radical (unpaired) electrons. The Balaban J connectivity index is 1.17. The Morgan fingerprint density at radius 1 is 1.10 bits per heavy atom. The number of fused-ring (bicyclic) bond motifs is 1. The van der Waals surface area contributed by atoms with Gasteiger partial charge in [-0.15, -0.1) is 0 Å². The lowest BCUT2D eigenvalue weighted by atomic mass is 9.43. The number of rotatable bonds is 5. The highest BCUT2D eigenvalue weighted by Gasteiger charge is 2.76. The minimum Gasteiger partial charge on any atom is -0.508 e. The van der Waals surface area contributed by atoms with Crippen LogP contribution in [-0.4, -0.2) is 63.6 Å². The van der Waals surface area contributed by atoms with Gasteiger partial charge in [-0.25, -0.2) is 4.79 Å². The Kier molecular flexibility index (Phi) is 5.28. The van der Waals surface area contributed by atoms with Crippen molar-refractivity contribution in [2.75, 3.05) is 19.6 Å². The van der Waals surface area contributed by atoms with Gasteiger partial charge in [0.15, 0.2) is 0 Å². The summed E-state index contributed by atoms with van der Waals surface area (Å²) in [5.74, 6) is 2.39. The van der Waals surface area contributed by atoms with Gasteiger partial charge in [-0.05, 0) is 117 Å². The Labute approximate surface area is 233 Å². The summed E-state index contributed by atoms with van der Waals surface area (Å²) in [6.07, 6.45) is 8.74. The molecule has 5 fully saturated rings. The molecule has 6 atom stereocenters. The summed E-state index contributed by atoms with van der Waals surface area (Å²) in [5, 5.41) is 10.7. The van der Waals surface area contributed by atoms with E-state index in [-0.39, 0.29) is 17.5 Å². The molecule has 2 aromatic rings. The predicted molar refractivity (Wildman–Crippen MR) is 152 cm³/mol. The lowest BCUT2D eigenvalue weighted by Crippen LogP contribution is -2.70. The second-order valence-electron chi connectivity index (χ2n) is 14.1. The minimum atomic E-state index is 0.0920. The summed E-state index contributed by atoms with van der Waals surface area (Å²) in [5.41, 5.74) is 4.50. The molecule has 2 unspecified atom stereocenters. The van der Waals surface area contributed by atoms with Crippen LogP contribution in [0.4, 0.5) is 4.79 Å². The van der Waals surface area contributed by atoms with Gasteiger partial charge in [0.2, 0.25) is 0 Å². The van der Waals surface area contributed by atoms with E-state index < -0.39 is 0 Å². The van der Waals surface area contributed by atoms with Crippen LogP contribution in [0.1, 0.15) is 69.1 Å². The molecule has 4 aliphatic carbocycles. The van der Waals surface area contributed by atoms with E-state index >= 15 is 0 Å². The number of hydrogen-bond donors (Lipinski definition) is 1. The van der Waals surface area contributed by atoms with Crippen LogP contribution in [0.2, 0.25) is 0 Å². The number of carbonyl (C=O) groups is 1. The van der Waals surface area contributed by atoms with Gasteiger partial charge in [0.25, 0.3) is 0 Å². The maximum absolute atomic E-state index is 14.3. The zero-order valence-corrected chi connectivity index (χ0v) is 23.6. The van der Waals surface area contributed by atoms with Crippen molar-refractivity contribution in [2.24, 2.45) is 23.2 Å². The van der Waals surface area contributed by atoms with E-state index in [2.05, 4.69) is 64.9 Å². The third-order valence-corrected chi connectivity index (χ3v) is 12.1. The normalized spacial score (nSPS) is 36.1. The predicted octanol–water partition coefficient (Wildman–Crippen LogP) is 5.80. The molecular weight excluding hydrogens is 482 g/mol. The summed E-state index contributed by atoms with van der Waals surface area (Å²) >= 11 is 0. The van der Waals surface area contributed by atoms with Crippen LogP contribution in [0.5, 0.6) is 5.75 Å². The third-order valence-electron chi connectivity index (χ3n) is 12.1. The standard InChI is InChI=1S/C34H43N3O2/c1-22(2)36(20-23-6-4-3-5-7-23)32(39)37-21-26-18-33-13-12-29(37)31(26)34(33)14-15-35(19-24-8-9-24)30(33)16-25-10-11-27(38)17-28(25)34/h3-7,10-11,17,22,24,26,29-31,38H,8-9,12-16,18-21H2,1-2H3/t26-,29?,30-,31?,33-,34+/m1/s1. The summed E-state index contributed by atoms with van der Waals surface area (Å²) in [6, 6.07) is 18.0. The van der Waals surface area contributed by atoms with Gasteiger partial charge in [0.1, 0.15) is 5.75 Å². The molecule has 3 saturated carbocycles. The van der Waals surface area contributed by atoms with Gasteiger partial charge in [-0.2, -0.15) is 0 Å². The van der Waals surface area contributed by atoms with Crippen LogP contribution in [0.15, 0.2) is 48.5 Å². The highest BCUT2D eigenvalue weighted by Crippen LogP contribution is 2.75. The van der Waals surface area contributed by atoms with Crippen LogP contribution in [-0.2, 0) is 18.4 Å². The van der Waals surface area contributed by atoms with E-state index in [0.717, 1.165) is 25.3 Å². The van der Waals surface area contributed by atoms with Crippen molar-refractivity contribution in [1.82, 2.24) is 14.7 Å². The molecule has 2 saturated heterocycles. The average molecular weight is 526 g/mol. The van der Waals surface area contributed by atoms with E-state index in [0.29, 0.717) is 41.6 Å². The van der Waals surface area contributed by atoms with Crippen molar-refractivity contribution < 1.29 is 9.90 Å². The Hall–Kier alpha value is -2.53. The first kappa shape index (κ1) is 24.3. The number of hydrogen-bond acceptors (Lipinski definition) is 3. The Morgan fingerprint density at radius 2 is 1.92 bits per heavy atom. The Bertz CT molecular complexity index is 1290. The summed E-state index contributed by atoms with van der Waals surface area (Å²) in [7, 11) is 0. The molecule has 2 aliphatic heterocycles. The Morgan fingerprint density at radius 3 is 2.69 bits per heavy atom. The van der Waals surface area contributed by atoms with Crippen molar-refractivity contribution in [3.63, 3.8) is 0 Å². The number of phenolic OH excluding ortho intramolecular Hbond substituents is 1. The van der Waals surface area contributed by atoms with Crippen LogP contribution in [0.25, 0.3) is 0 Å². The number of carbonyl (C=O) groups excluding carboxylic acids is 1. The lowest BCUT2D eigenvalue weighted by Gasteiger charge is -2.66. The van der Waals surface area contributed by atoms with Gasteiger partial charge in [-0.1, -0.05) is 36.4 Å². The zero-order valence-electron chi connectivity index (χ0n) is 23.6. The lowest BCUT2D eigenvalue weighted by molar-refractivity contribution is -0.102. The fourth-order valence-electron chi connectivity index (χ4n) is 10.6. The van der Waals surface area contributed by atoms with Gasteiger partial charge in [0, 0.05) is 43.2 Å². The summed E-state index contributed by atoms with van der Waals surface area (Å²) < 4.78 is 0. The number of aromatic hydroxyl groups is 1. The van der Waals surface area contributed by atoms with E-state index in [1.165, 1.54) is 61.9 Å². The van der Waals surface area contributed by atoms with Crippen LogP contribution >= 0.6 is 0 Å².